The Morgan fingerprint density at radius 3 is 1.91 bits per heavy atom. The van der Waals surface area contributed by atoms with Crippen LogP contribution in [0.25, 0.3) is 0 Å². The monoisotopic (exact) mass is 330 g/mol. The van der Waals surface area contributed by atoms with E-state index in [9.17, 15) is 9.59 Å². The lowest BCUT2D eigenvalue weighted by Crippen LogP contribution is -2.54. The van der Waals surface area contributed by atoms with Gasteiger partial charge in [-0.25, -0.2) is 0 Å². The molecule has 0 saturated carbocycles. The van der Waals surface area contributed by atoms with Crippen molar-refractivity contribution in [3.63, 3.8) is 0 Å². The minimum atomic E-state index is -0.610. The topological polar surface area (TPSA) is 90.7 Å². The van der Waals surface area contributed by atoms with Crippen LogP contribution in [0.3, 0.4) is 0 Å². The maximum absolute atomic E-state index is 11.8. The Labute approximate surface area is 140 Å². The fourth-order valence-electron chi connectivity index (χ4n) is 1.85. The number of hydrogen-bond acceptors (Lipinski definition) is 5. The highest BCUT2D eigenvalue weighted by atomic mass is 16.6. The molecule has 23 heavy (non-hydrogen) atoms. The van der Waals surface area contributed by atoms with Crippen LogP contribution in [-0.2, 0) is 19.1 Å². The molecule has 0 radical (unpaired) electrons. The number of amides is 1. The van der Waals surface area contributed by atoms with Crippen molar-refractivity contribution in [1.82, 2.24) is 5.32 Å². The molecule has 0 fully saturated rings. The SMILES string of the molecule is CC(C)(COC(C)(C)C)NC(CCC(=O)OC(C)(C)C)C(N)=O. The van der Waals surface area contributed by atoms with Gasteiger partial charge in [0.25, 0.3) is 0 Å². The predicted octanol–water partition coefficient (Wildman–Crippen LogP) is 2.15. The standard InChI is InChI=1S/C17H34N2O4/c1-15(2,3)22-11-17(7,8)19-12(14(18)21)9-10-13(20)23-16(4,5)6/h12,19H,9-11H2,1-8H3,(H2,18,21). The lowest BCUT2D eigenvalue weighted by atomic mass is 10.0. The van der Waals surface area contributed by atoms with Crippen LogP contribution >= 0.6 is 0 Å². The predicted molar refractivity (Wildman–Crippen MR) is 91.0 cm³/mol. The van der Waals surface area contributed by atoms with Gasteiger partial charge in [0.1, 0.15) is 5.60 Å². The quantitative estimate of drug-likeness (QED) is 0.665. The first kappa shape index (κ1) is 21.9. The summed E-state index contributed by atoms with van der Waals surface area (Å²) in [7, 11) is 0. The first-order chi connectivity index (χ1) is 10.1. The van der Waals surface area contributed by atoms with Crippen LogP contribution in [0.15, 0.2) is 0 Å². The maximum atomic E-state index is 11.8. The zero-order valence-electron chi connectivity index (χ0n) is 15.9. The minimum Gasteiger partial charge on any atom is -0.460 e. The lowest BCUT2D eigenvalue weighted by Gasteiger charge is -2.33. The third kappa shape index (κ3) is 12.0. The van der Waals surface area contributed by atoms with Crippen LogP contribution < -0.4 is 11.1 Å². The van der Waals surface area contributed by atoms with Crippen molar-refractivity contribution in [3.05, 3.63) is 0 Å². The lowest BCUT2D eigenvalue weighted by molar-refractivity contribution is -0.155. The molecule has 136 valence electrons. The molecule has 1 unspecified atom stereocenters. The van der Waals surface area contributed by atoms with Crippen LogP contribution in [0.5, 0.6) is 0 Å². The van der Waals surface area contributed by atoms with E-state index < -0.39 is 23.1 Å². The summed E-state index contributed by atoms with van der Waals surface area (Å²) in [5, 5.41) is 3.18. The van der Waals surface area contributed by atoms with Gasteiger partial charge >= 0.3 is 5.97 Å². The Morgan fingerprint density at radius 2 is 1.52 bits per heavy atom. The number of carbonyl (C=O) groups is 2. The van der Waals surface area contributed by atoms with Crippen LogP contribution in [0.4, 0.5) is 0 Å². The van der Waals surface area contributed by atoms with Gasteiger partial charge in [-0.3, -0.25) is 14.9 Å². The summed E-state index contributed by atoms with van der Waals surface area (Å²) >= 11 is 0. The Bertz CT molecular complexity index is 406. The summed E-state index contributed by atoms with van der Waals surface area (Å²) < 4.78 is 11.0. The molecule has 0 aromatic carbocycles. The van der Waals surface area contributed by atoms with Gasteiger partial charge in [-0.1, -0.05) is 0 Å². The van der Waals surface area contributed by atoms with Crippen molar-refractivity contribution >= 4 is 11.9 Å². The first-order valence-corrected chi connectivity index (χ1v) is 8.04. The summed E-state index contributed by atoms with van der Waals surface area (Å²) in [5.74, 6) is -0.827. The minimum absolute atomic E-state index is 0.133. The van der Waals surface area contributed by atoms with E-state index >= 15 is 0 Å². The van der Waals surface area contributed by atoms with E-state index in [2.05, 4.69) is 5.32 Å². The fraction of sp³-hybridized carbons (Fsp3) is 0.882. The highest BCUT2D eigenvalue weighted by Gasteiger charge is 2.28. The fourth-order valence-corrected chi connectivity index (χ4v) is 1.85. The zero-order chi connectivity index (χ0) is 18.5. The molecule has 0 rings (SSSR count). The average Bonchev–Trinajstić information content (AvgIpc) is 2.29. The van der Waals surface area contributed by atoms with Gasteiger partial charge < -0.3 is 15.2 Å². The molecule has 3 N–H and O–H groups in total. The van der Waals surface area contributed by atoms with E-state index in [0.717, 1.165) is 0 Å². The summed E-state index contributed by atoms with van der Waals surface area (Å²) in [5.41, 5.74) is 4.20. The summed E-state index contributed by atoms with van der Waals surface area (Å²) in [6.45, 7) is 15.6. The number of rotatable bonds is 8. The van der Waals surface area contributed by atoms with Gasteiger partial charge in [-0.15, -0.1) is 0 Å². The highest BCUT2D eigenvalue weighted by molar-refractivity contribution is 5.81. The van der Waals surface area contributed by atoms with Crippen molar-refractivity contribution in [2.24, 2.45) is 5.73 Å². The second-order valence-corrected chi connectivity index (χ2v) is 8.51. The molecule has 0 spiro atoms. The van der Waals surface area contributed by atoms with Gasteiger partial charge in [0.05, 0.1) is 18.2 Å². The highest BCUT2D eigenvalue weighted by Crippen LogP contribution is 2.15. The number of nitrogens with one attached hydrogen (secondary N) is 1. The van der Waals surface area contributed by atoms with Crippen LogP contribution in [0.1, 0.15) is 68.2 Å². The Hall–Kier alpha value is -1.14. The van der Waals surface area contributed by atoms with Crippen molar-refractivity contribution in [2.45, 2.75) is 91.0 Å². The number of nitrogens with two attached hydrogens (primary N) is 1. The molecule has 0 aliphatic rings. The first-order valence-electron chi connectivity index (χ1n) is 8.04. The molecule has 6 heteroatoms. The third-order valence-corrected chi connectivity index (χ3v) is 2.83. The maximum Gasteiger partial charge on any atom is 0.306 e. The average molecular weight is 330 g/mol. The molecule has 6 nitrogen and oxygen atoms in total. The van der Waals surface area contributed by atoms with Crippen molar-refractivity contribution in [2.75, 3.05) is 6.61 Å². The van der Waals surface area contributed by atoms with Gasteiger partial charge in [0.2, 0.25) is 5.91 Å². The van der Waals surface area contributed by atoms with E-state index in [4.69, 9.17) is 15.2 Å². The van der Waals surface area contributed by atoms with Crippen LogP contribution in [0, 0.1) is 0 Å². The second-order valence-electron chi connectivity index (χ2n) is 8.51. The number of hydrogen-bond donors (Lipinski definition) is 2. The van der Waals surface area contributed by atoms with E-state index in [1.807, 2.05) is 55.4 Å². The number of carbonyl (C=O) groups excluding carboxylic acids is 2. The smallest absolute Gasteiger partial charge is 0.306 e. The number of primary amides is 1. The molecule has 0 aliphatic carbocycles. The molecule has 1 atom stereocenters. The van der Waals surface area contributed by atoms with E-state index in [-0.39, 0.29) is 18.0 Å². The van der Waals surface area contributed by atoms with Gasteiger partial charge in [-0.05, 0) is 61.8 Å². The van der Waals surface area contributed by atoms with E-state index in [0.29, 0.717) is 13.0 Å². The molecular weight excluding hydrogens is 296 g/mol. The Morgan fingerprint density at radius 1 is 1.00 bits per heavy atom. The zero-order valence-corrected chi connectivity index (χ0v) is 15.9. The summed E-state index contributed by atoms with van der Waals surface area (Å²) in [6, 6.07) is -0.610. The van der Waals surface area contributed by atoms with Crippen molar-refractivity contribution in [1.29, 1.82) is 0 Å². The van der Waals surface area contributed by atoms with Gasteiger partial charge in [0, 0.05) is 12.0 Å². The number of esters is 1. The van der Waals surface area contributed by atoms with Crippen LogP contribution in [0.2, 0.25) is 0 Å². The van der Waals surface area contributed by atoms with Gasteiger partial charge in [-0.2, -0.15) is 0 Å². The van der Waals surface area contributed by atoms with Crippen molar-refractivity contribution in [3.8, 4) is 0 Å². The molecule has 0 bridgehead atoms. The molecule has 0 saturated heterocycles. The van der Waals surface area contributed by atoms with E-state index in [1.54, 1.807) is 0 Å². The molecule has 0 aliphatic heterocycles. The second kappa shape index (κ2) is 8.11. The van der Waals surface area contributed by atoms with Crippen LogP contribution in [-0.4, -0.2) is 41.3 Å². The summed E-state index contributed by atoms with van der Waals surface area (Å²) in [6.07, 6.45) is 0.428. The molecule has 0 aromatic rings. The summed E-state index contributed by atoms with van der Waals surface area (Å²) in [4.78, 5) is 23.4. The molecule has 0 heterocycles. The normalized spacial score (nSPS) is 14.4. The molecular formula is C17H34N2O4. The van der Waals surface area contributed by atoms with Gasteiger partial charge in [0.15, 0.2) is 0 Å². The Balaban J connectivity index is 4.57. The molecule has 0 aromatic heterocycles. The largest absolute Gasteiger partial charge is 0.460 e. The number of ether oxygens (including phenoxy) is 2. The third-order valence-electron chi connectivity index (χ3n) is 2.83. The van der Waals surface area contributed by atoms with Crippen molar-refractivity contribution < 1.29 is 19.1 Å². The van der Waals surface area contributed by atoms with E-state index in [1.165, 1.54) is 0 Å². The Kier molecular flexibility index (Phi) is 7.70. The molecule has 1 amide bonds.